The van der Waals surface area contributed by atoms with Crippen LogP contribution in [0.5, 0.6) is 5.88 Å². The molecule has 0 unspecified atom stereocenters. The van der Waals surface area contributed by atoms with Gasteiger partial charge in [-0.05, 0) is 19.4 Å². The molecular weight excluding hydrogens is 290 g/mol. The van der Waals surface area contributed by atoms with Crippen LogP contribution in [-0.4, -0.2) is 50.0 Å². The molecule has 0 aliphatic heterocycles. The Hall–Kier alpha value is -1.15. The number of hydrogen-bond acceptors (Lipinski definition) is 6. The van der Waals surface area contributed by atoms with E-state index in [-0.39, 0.29) is 0 Å². The molecular formula is C14H23N3O3S. The summed E-state index contributed by atoms with van der Waals surface area (Å²) in [5, 5.41) is 5.46. The predicted octanol–water partition coefficient (Wildman–Crippen LogP) is 1.94. The molecule has 0 atom stereocenters. The normalized spacial score (nSPS) is 11.3. The van der Waals surface area contributed by atoms with Crippen LogP contribution in [0.4, 0.5) is 0 Å². The molecule has 2 heterocycles. The van der Waals surface area contributed by atoms with Crippen molar-refractivity contribution in [1.29, 1.82) is 0 Å². The second kappa shape index (κ2) is 8.99. The summed E-state index contributed by atoms with van der Waals surface area (Å²) >= 11 is 1.61. The summed E-state index contributed by atoms with van der Waals surface area (Å²) < 4.78 is 17.7. The van der Waals surface area contributed by atoms with E-state index in [9.17, 15) is 0 Å². The molecule has 0 radical (unpaired) electrons. The van der Waals surface area contributed by atoms with E-state index in [1.165, 1.54) is 0 Å². The number of fused-ring (bicyclic) bond motifs is 1. The maximum atomic E-state index is 5.42. The van der Waals surface area contributed by atoms with E-state index in [1.54, 1.807) is 25.6 Å². The first kappa shape index (κ1) is 16.2. The molecule has 0 saturated heterocycles. The molecule has 118 valence electrons. The number of imidazole rings is 1. The quantitative estimate of drug-likeness (QED) is 0.643. The highest BCUT2D eigenvalue weighted by atomic mass is 32.1. The number of rotatable bonds is 11. The Labute approximate surface area is 129 Å². The minimum Gasteiger partial charge on any atom is -0.480 e. The van der Waals surface area contributed by atoms with Crippen LogP contribution in [0.25, 0.3) is 4.96 Å². The highest BCUT2D eigenvalue weighted by molar-refractivity contribution is 7.15. The van der Waals surface area contributed by atoms with Gasteiger partial charge in [-0.2, -0.15) is 4.98 Å². The average molecular weight is 313 g/mol. The molecule has 21 heavy (non-hydrogen) atoms. The minimum atomic E-state index is 0.663. The highest BCUT2D eigenvalue weighted by Gasteiger charge is 2.12. The number of methoxy groups -OCH3 is 2. The lowest BCUT2D eigenvalue weighted by Crippen LogP contribution is -2.17. The second-order valence-electron chi connectivity index (χ2n) is 4.61. The monoisotopic (exact) mass is 313 g/mol. The molecule has 2 aromatic rings. The smallest absolute Gasteiger partial charge is 0.237 e. The highest BCUT2D eigenvalue weighted by Crippen LogP contribution is 2.22. The van der Waals surface area contributed by atoms with Crippen LogP contribution >= 0.6 is 11.3 Å². The lowest BCUT2D eigenvalue weighted by molar-refractivity contribution is 0.0688. The summed E-state index contributed by atoms with van der Waals surface area (Å²) in [6.07, 6.45) is 4.16. The van der Waals surface area contributed by atoms with Gasteiger partial charge in [0.15, 0.2) is 4.96 Å². The summed E-state index contributed by atoms with van der Waals surface area (Å²) in [4.78, 5) is 5.40. The number of unbranched alkanes of at least 4 members (excludes halogenated alkanes) is 1. The van der Waals surface area contributed by atoms with Gasteiger partial charge in [0, 0.05) is 31.8 Å². The van der Waals surface area contributed by atoms with Gasteiger partial charge in [0.05, 0.1) is 20.3 Å². The maximum absolute atomic E-state index is 5.42. The molecule has 0 spiro atoms. The molecule has 0 saturated carbocycles. The Bertz CT molecular complexity index is 526. The van der Waals surface area contributed by atoms with E-state index in [0.29, 0.717) is 19.1 Å². The Morgan fingerprint density at radius 1 is 1.24 bits per heavy atom. The van der Waals surface area contributed by atoms with E-state index in [1.807, 2.05) is 11.6 Å². The topological polar surface area (TPSA) is 57.0 Å². The standard InChI is InChI=1S/C14H23N3O3S/c1-18-8-9-20-7-4-3-5-15-11-12-13(19-2)16-14-17(12)6-10-21-14/h6,10,15H,3-5,7-9,11H2,1-2H3. The van der Waals surface area contributed by atoms with E-state index in [2.05, 4.69) is 14.7 Å². The van der Waals surface area contributed by atoms with Gasteiger partial charge >= 0.3 is 0 Å². The van der Waals surface area contributed by atoms with Crippen LogP contribution in [-0.2, 0) is 16.0 Å². The van der Waals surface area contributed by atoms with Crippen LogP contribution in [0.2, 0.25) is 0 Å². The van der Waals surface area contributed by atoms with Crippen LogP contribution in [0.3, 0.4) is 0 Å². The molecule has 6 nitrogen and oxygen atoms in total. The number of nitrogens with one attached hydrogen (secondary N) is 1. The van der Waals surface area contributed by atoms with Crippen molar-refractivity contribution >= 4 is 16.3 Å². The summed E-state index contributed by atoms with van der Waals surface area (Å²) in [6, 6.07) is 0. The second-order valence-corrected chi connectivity index (χ2v) is 5.49. The van der Waals surface area contributed by atoms with Gasteiger partial charge in [-0.15, -0.1) is 11.3 Å². The third kappa shape index (κ3) is 4.67. The van der Waals surface area contributed by atoms with Crippen molar-refractivity contribution in [2.24, 2.45) is 0 Å². The van der Waals surface area contributed by atoms with Gasteiger partial charge in [0.1, 0.15) is 5.69 Å². The van der Waals surface area contributed by atoms with Gasteiger partial charge in [-0.3, -0.25) is 4.40 Å². The van der Waals surface area contributed by atoms with Crippen molar-refractivity contribution in [3.63, 3.8) is 0 Å². The number of thiazole rings is 1. The fraction of sp³-hybridized carbons (Fsp3) is 0.643. The molecule has 0 amide bonds. The Kier molecular flexibility index (Phi) is 6.94. The van der Waals surface area contributed by atoms with Crippen LogP contribution in [0.1, 0.15) is 18.5 Å². The van der Waals surface area contributed by atoms with Gasteiger partial charge < -0.3 is 19.5 Å². The predicted molar refractivity (Wildman–Crippen MR) is 83.3 cm³/mol. The molecule has 0 bridgehead atoms. The van der Waals surface area contributed by atoms with Crippen molar-refractivity contribution in [2.75, 3.05) is 40.6 Å². The third-order valence-electron chi connectivity index (χ3n) is 3.13. The number of nitrogens with zero attached hydrogens (tertiary/aromatic N) is 2. The molecule has 0 fully saturated rings. The maximum Gasteiger partial charge on any atom is 0.237 e. The number of ether oxygens (including phenoxy) is 3. The zero-order valence-electron chi connectivity index (χ0n) is 12.6. The molecule has 1 N–H and O–H groups in total. The van der Waals surface area contributed by atoms with E-state index >= 15 is 0 Å². The summed E-state index contributed by atoms with van der Waals surface area (Å²) in [7, 11) is 3.34. The van der Waals surface area contributed by atoms with Crippen LogP contribution < -0.4 is 10.1 Å². The van der Waals surface area contributed by atoms with Gasteiger partial charge in [-0.25, -0.2) is 0 Å². The SMILES string of the molecule is COCCOCCCCNCc1c(OC)nc2sccn12. The van der Waals surface area contributed by atoms with Crippen LogP contribution in [0, 0.1) is 0 Å². The average Bonchev–Trinajstić information content (AvgIpc) is 3.07. The van der Waals surface area contributed by atoms with E-state index < -0.39 is 0 Å². The summed E-state index contributed by atoms with van der Waals surface area (Å²) in [5.74, 6) is 0.706. The van der Waals surface area contributed by atoms with Crippen molar-refractivity contribution in [2.45, 2.75) is 19.4 Å². The Morgan fingerprint density at radius 3 is 2.95 bits per heavy atom. The molecule has 2 rings (SSSR count). The van der Waals surface area contributed by atoms with Crippen molar-refractivity contribution in [1.82, 2.24) is 14.7 Å². The van der Waals surface area contributed by atoms with Crippen molar-refractivity contribution in [3.8, 4) is 5.88 Å². The van der Waals surface area contributed by atoms with Crippen molar-refractivity contribution < 1.29 is 14.2 Å². The Balaban J connectivity index is 1.65. The lowest BCUT2D eigenvalue weighted by Gasteiger charge is -2.06. The fourth-order valence-corrected chi connectivity index (χ4v) is 2.77. The van der Waals surface area contributed by atoms with Gasteiger partial charge in [0.25, 0.3) is 0 Å². The van der Waals surface area contributed by atoms with E-state index in [4.69, 9.17) is 14.2 Å². The minimum absolute atomic E-state index is 0.663. The van der Waals surface area contributed by atoms with Crippen molar-refractivity contribution in [3.05, 3.63) is 17.3 Å². The number of aromatic nitrogens is 2. The van der Waals surface area contributed by atoms with Crippen LogP contribution in [0.15, 0.2) is 11.6 Å². The first-order chi connectivity index (χ1) is 10.4. The fourth-order valence-electron chi connectivity index (χ4n) is 2.04. The zero-order valence-corrected chi connectivity index (χ0v) is 13.4. The first-order valence-corrected chi connectivity index (χ1v) is 8.00. The largest absolute Gasteiger partial charge is 0.480 e. The molecule has 0 aromatic carbocycles. The third-order valence-corrected chi connectivity index (χ3v) is 3.89. The first-order valence-electron chi connectivity index (χ1n) is 7.12. The molecule has 0 aliphatic carbocycles. The molecule has 2 aromatic heterocycles. The lowest BCUT2D eigenvalue weighted by atomic mass is 10.3. The van der Waals surface area contributed by atoms with E-state index in [0.717, 1.165) is 43.2 Å². The molecule has 7 heteroatoms. The summed E-state index contributed by atoms with van der Waals surface area (Å²) in [6.45, 7) is 3.83. The summed E-state index contributed by atoms with van der Waals surface area (Å²) in [5.41, 5.74) is 1.07. The van der Waals surface area contributed by atoms with Gasteiger partial charge in [-0.1, -0.05) is 0 Å². The molecule has 0 aliphatic rings. The number of hydrogen-bond donors (Lipinski definition) is 1. The van der Waals surface area contributed by atoms with Gasteiger partial charge in [0.2, 0.25) is 5.88 Å². The Morgan fingerprint density at radius 2 is 2.14 bits per heavy atom. The zero-order chi connectivity index (χ0) is 14.9.